The van der Waals surface area contributed by atoms with Gasteiger partial charge in [-0.1, -0.05) is 0 Å². The first-order chi connectivity index (χ1) is 11.1. The molecule has 0 aromatic carbocycles. The highest BCUT2D eigenvalue weighted by atomic mass is 16.5. The van der Waals surface area contributed by atoms with Gasteiger partial charge in [0.25, 0.3) is 5.91 Å². The van der Waals surface area contributed by atoms with Crippen molar-refractivity contribution in [2.45, 2.75) is 20.3 Å². The molecular formula is C16H25N3O4. The zero-order valence-electron chi connectivity index (χ0n) is 13.8. The molecule has 7 nitrogen and oxygen atoms in total. The average molecular weight is 323 g/mol. The van der Waals surface area contributed by atoms with Crippen LogP contribution in [0.5, 0.6) is 0 Å². The van der Waals surface area contributed by atoms with Gasteiger partial charge in [-0.3, -0.25) is 14.5 Å². The van der Waals surface area contributed by atoms with Crippen LogP contribution in [-0.4, -0.2) is 62.7 Å². The Morgan fingerprint density at radius 1 is 1.17 bits per heavy atom. The molecule has 0 bridgehead atoms. The van der Waals surface area contributed by atoms with Crippen molar-refractivity contribution in [3.05, 3.63) is 23.2 Å². The van der Waals surface area contributed by atoms with Crippen molar-refractivity contribution in [1.82, 2.24) is 15.5 Å². The molecule has 2 rings (SSSR count). The maximum atomic E-state index is 12.0. The van der Waals surface area contributed by atoms with Gasteiger partial charge in [0.2, 0.25) is 5.91 Å². The SMILES string of the molecule is Cc1cc(C(=O)NCCC(=O)NCCN2CCOCC2)c(C)o1. The molecule has 1 aliphatic rings. The number of morpholine rings is 1. The fourth-order valence-corrected chi connectivity index (χ4v) is 2.51. The second kappa shape index (κ2) is 8.69. The number of carbonyl (C=O) groups is 2. The summed E-state index contributed by atoms with van der Waals surface area (Å²) < 4.78 is 10.6. The van der Waals surface area contributed by atoms with Gasteiger partial charge < -0.3 is 19.8 Å². The van der Waals surface area contributed by atoms with Gasteiger partial charge in [-0.2, -0.15) is 0 Å². The summed E-state index contributed by atoms with van der Waals surface area (Å²) in [5, 5.41) is 5.60. The number of furan rings is 1. The molecule has 23 heavy (non-hydrogen) atoms. The van der Waals surface area contributed by atoms with Crippen LogP contribution in [0, 0.1) is 13.8 Å². The van der Waals surface area contributed by atoms with Crippen molar-refractivity contribution >= 4 is 11.8 Å². The summed E-state index contributed by atoms with van der Waals surface area (Å²) >= 11 is 0. The van der Waals surface area contributed by atoms with Gasteiger partial charge in [0.15, 0.2) is 0 Å². The highest BCUT2D eigenvalue weighted by Crippen LogP contribution is 2.13. The quantitative estimate of drug-likeness (QED) is 0.762. The molecule has 0 saturated carbocycles. The van der Waals surface area contributed by atoms with E-state index in [1.165, 1.54) is 0 Å². The lowest BCUT2D eigenvalue weighted by atomic mass is 10.2. The van der Waals surface area contributed by atoms with Crippen molar-refractivity contribution in [2.75, 3.05) is 45.9 Å². The van der Waals surface area contributed by atoms with Gasteiger partial charge in [0.1, 0.15) is 11.5 Å². The molecule has 0 spiro atoms. The third-order valence-electron chi connectivity index (χ3n) is 3.78. The molecule has 1 saturated heterocycles. The Morgan fingerprint density at radius 2 is 1.91 bits per heavy atom. The van der Waals surface area contributed by atoms with E-state index in [-0.39, 0.29) is 18.2 Å². The molecule has 0 aliphatic carbocycles. The van der Waals surface area contributed by atoms with Crippen LogP contribution in [0.25, 0.3) is 0 Å². The van der Waals surface area contributed by atoms with Crippen LogP contribution in [0.4, 0.5) is 0 Å². The molecule has 2 N–H and O–H groups in total. The standard InChI is InChI=1S/C16H25N3O4/c1-12-11-14(13(2)23-12)16(21)18-4-3-15(20)17-5-6-19-7-9-22-10-8-19/h11H,3-10H2,1-2H3,(H,17,20)(H,18,21). The fourth-order valence-electron chi connectivity index (χ4n) is 2.51. The van der Waals surface area contributed by atoms with Crippen LogP contribution in [0.2, 0.25) is 0 Å². The number of nitrogens with one attached hydrogen (secondary N) is 2. The minimum atomic E-state index is -0.208. The Balaban J connectivity index is 1.59. The minimum Gasteiger partial charge on any atom is -0.466 e. The molecule has 1 aliphatic heterocycles. The topological polar surface area (TPSA) is 83.8 Å². The van der Waals surface area contributed by atoms with E-state index in [4.69, 9.17) is 9.15 Å². The Morgan fingerprint density at radius 3 is 2.57 bits per heavy atom. The van der Waals surface area contributed by atoms with Gasteiger partial charge in [-0.15, -0.1) is 0 Å². The van der Waals surface area contributed by atoms with E-state index in [0.29, 0.717) is 30.2 Å². The first kappa shape index (κ1) is 17.5. The van der Waals surface area contributed by atoms with Crippen LogP contribution >= 0.6 is 0 Å². The van der Waals surface area contributed by atoms with E-state index >= 15 is 0 Å². The second-order valence-electron chi connectivity index (χ2n) is 5.64. The van der Waals surface area contributed by atoms with Gasteiger partial charge >= 0.3 is 0 Å². The Hall–Kier alpha value is -1.86. The predicted octanol–water partition coefficient (Wildman–Crippen LogP) is 0.465. The highest BCUT2D eigenvalue weighted by molar-refractivity contribution is 5.95. The fraction of sp³-hybridized carbons (Fsp3) is 0.625. The van der Waals surface area contributed by atoms with Crippen molar-refractivity contribution in [1.29, 1.82) is 0 Å². The number of ether oxygens (including phenoxy) is 1. The van der Waals surface area contributed by atoms with Gasteiger partial charge in [0.05, 0.1) is 18.8 Å². The van der Waals surface area contributed by atoms with E-state index in [1.807, 2.05) is 0 Å². The number of nitrogens with zero attached hydrogens (tertiary/aromatic N) is 1. The van der Waals surface area contributed by atoms with Crippen molar-refractivity contribution in [3.8, 4) is 0 Å². The molecule has 0 unspecified atom stereocenters. The van der Waals surface area contributed by atoms with Crippen LogP contribution in [0.3, 0.4) is 0 Å². The maximum absolute atomic E-state index is 12.0. The largest absolute Gasteiger partial charge is 0.466 e. The Bertz CT molecular complexity index is 535. The molecule has 2 amide bonds. The normalized spacial score (nSPS) is 15.4. The van der Waals surface area contributed by atoms with E-state index < -0.39 is 0 Å². The molecule has 128 valence electrons. The number of aryl methyl sites for hydroxylation is 2. The first-order valence-electron chi connectivity index (χ1n) is 7.98. The van der Waals surface area contributed by atoms with Gasteiger partial charge in [-0.25, -0.2) is 0 Å². The Labute approximate surface area is 136 Å². The summed E-state index contributed by atoms with van der Waals surface area (Å²) in [4.78, 5) is 26.0. The van der Waals surface area contributed by atoms with Crippen LogP contribution < -0.4 is 10.6 Å². The van der Waals surface area contributed by atoms with Crippen molar-refractivity contribution in [2.24, 2.45) is 0 Å². The lowest BCUT2D eigenvalue weighted by molar-refractivity contribution is -0.121. The van der Waals surface area contributed by atoms with Gasteiger partial charge in [0, 0.05) is 39.1 Å². The molecule has 0 atom stereocenters. The zero-order chi connectivity index (χ0) is 16.7. The molecule has 7 heteroatoms. The Kier molecular flexibility index (Phi) is 6.61. The number of rotatable bonds is 7. The van der Waals surface area contributed by atoms with Crippen LogP contribution in [-0.2, 0) is 9.53 Å². The van der Waals surface area contributed by atoms with Gasteiger partial charge in [-0.05, 0) is 19.9 Å². The molecule has 2 heterocycles. The predicted molar refractivity (Wildman–Crippen MR) is 85.4 cm³/mol. The average Bonchev–Trinajstić information content (AvgIpc) is 2.87. The zero-order valence-corrected chi connectivity index (χ0v) is 13.8. The lowest BCUT2D eigenvalue weighted by Gasteiger charge is -2.26. The summed E-state index contributed by atoms with van der Waals surface area (Å²) in [5.74, 6) is 1.03. The molecule has 1 fully saturated rings. The number of hydrogen-bond acceptors (Lipinski definition) is 5. The van der Waals surface area contributed by atoms with Crippen molar-refractivity contribution in [3.63, 3.8) is 0 Å². The third kappa shape index (κ3) is 5.69. The molecule has 1 aromatic heterocycles. The second-order valence-corrected chi connectivity index (χ2v) is 5.64. The van der Waals surface area contributed by atoms with E-state index in [2.05, 4.69) is 15.5 Å². The molecule has 0 radical (unpaired) electrons. The summed E-state index contributed by atoms with van der Waals surface area (Å²) in [7, 11) is 0. The number of amides is 2. The maximum Gasteiger partial charge on any atom is 0.254 e. The molecular weight excluding hydrogens is 298 g/mol. The van der Waals surface area contributed by atoms with E-state index in [1.54, 1.807) is 19.9 Å². The summed E-state index contributed by atoms with van der Waals surface area (Å²) in [5.41, 5.74) is 0.523. The summed E-state index contributed by atoms with van der Waals surface area (Å²) in [6.07, 6.45) is 0.269. The van der Waals surface area contributed by atoms with E-state index in [9.17, 15) is 9.59 Å². The lowest BCUT2D eigenvalue weighted by Crippen LogP contribution is -2.41. The van der Waals surface area contributed by atoms with Crippen LogP contribution in [0.1, 0.15) is 28.3 Å². The smallest absolute Gasteiger partial charge is 0.254 e. The summed E-state index contributed by atoms with van der Waals surface area (Å²) in [6, 6.07) is 1.70. The van der Waals surface area contributed by atoms with E-state index in [0.717, 1.165) is 32.8 Å². The number of hydrogen-bond donors (Lipinski definition) is 2. The highest BCUT2D eigenvalue weighted by Gasteiger charge is 2.13. The van der Waals surface area contributed by atoms with Crippen molar-refractivity contribution < 1.29 is 18.7 Å². The first-order valence-corrected chi connectivity index (χ1v) is 7.98. The monoisotopic (exact) mass is 323 g/mol. The third-order valence-corrected chi connectivity index (χ3v) is 3.78. The summed E-state index contributed by atoms with van der Waals surface area (Å²) in [6.45, 7) is 8.64. The number of carbonyl (C=O) groups excluding carboxylic acids is 2. The molecule has 1 aromatic rings. The minimum absolute atomic E-state index is 0.0568. The van der Waals surface area contributed by atoms with Crippen LogP contribution in [0.15, 0.2) is 10.5 Å².